The van der Waals surface area contributed by atoms with Crippen LogP contribution in [0.1, 0.15) is 478 Å². The molecule has 111 heavy (non-hydrogen) atoms. The molecule has 0 fully saturated rings. The Kier molecular flexibility index (Phi) is 83.5. The molecule has 0 bridgehead atoms. The van der Waals surface area contributed by atoms with Crippen LogP contribution in [-0.4, -0.2) is 149 Å². The maximum atomic E-state index is 14.2. The molecule has 0 aliphatic rings. The topological polar surface area (TPSA) is 173 Å². The molecule has 15 nitrogen and oxygen atoms in total. The summed E-state index contributed by atoms with van der Waals surface area (Å²) in [4.78, 5) is 86.8. The highest BCUT2D eigenvalue weighted by atomic mass is 16.6. The van der Waals surface area contributed by atoms with Crippen LogP contribution in [0.4, 0.5) is 0 Å². The number of nitrogens with zero attached hydrogens (tertiary/aromatic N) is 3. The fraction of sp³-hybridized carbons (Fsp3) is 0.938. The molecule has 0 rings (SSSR count). The zero-order valence-corrected chi connectivity index (χ0v) is 75.0. The number of nitrogens with one attached hydrogen (secondary N) is 2. The van der Waals surface area contributed by atoms with E-state index in [0.717, 1.165) is 206 Å². The van der Waals surface area contributed by atoms with Gasteiger partial charge in [0, 0.05) is 64.2 Å². The lowest BCUT2D eigenvalue weighted by Gasteiger charge is -2.24. The van der Waals surface area contributed by atoms with Crippen LogP contribution in [0.15, 0.2) is 0 Å². The second kappa shape index (κ2) is 86.1. The molecule has 1 atom stereocenters. The van der Waals surface area contributed by atoms with Crippen molar-refractivity contribution < 1.29 is 47.7 Å². The molecule has 1 unspecified atom stereocenters. The number of hydrogen-bond acceptors (Lipinski definition) is 13. The Labute approximate surface area is 687 Å². The molecule has 0 aromatic rings. The Hall–Kier alpha value is -3.30. The monoisotopic (exact) mass is 1570 g/mol. The van der Waals surface area contributed by atoms with Crippen molar-refractivity contribution in [3.8, 4) is 0 Å². The third-order valence-corrected chi connectivity index (χ3v) is 22.8. The first-order valence-corrected chi connectivity index (χ1v) is 48.7. The number of ether oxygens (including phenoxy) is 4. The van der Waals surface area contributed by atoms with Gasteiger partial charge in [-0.2, -0.15) is 0 Å². The van der Waals surface area contributed by atoms with Gasteiger partial charge in [0.25, 0.3) is 0 Å². The quantitative estimate of drug-likeness (QED) is 0.0335. The molecule has 0 aliphatic heterocycles. The summed E-state index contributed by atoms with van der Waals surface area (Å²) in [6.07, 6.45) is 74.3. The normalized spacial score (nSPS) is 12.0. The first-order valence-electron chi connectivity index (χ1n) is 48.7. The summed E-state index contributed by atoms with van der Waals surface area (Å²) in [5.41, 5.74) is 0. The van der Waals surface area contributed by atoms with E-state index in [4.69, 9.17) is 18.9 Å². The lowest BCUT2D eigenvalue weighted by molar-refractivity contribution is -0.151. The van der Waals surface area contributed by atoms with Crippen LogP contribution in [-0.2, 0) is 47.7 Å². The molecule has 656 valence electrons. The molecule has 0 aromatic carbocycles. The zero-order chi connectivity index (χ0) is 81.0. The third kappa shape index (κ3) is 79.0. The third-order valence-electron chi connectivity index (χ3n) is 22.8. The molecular weight excluding hydrogens is 1380 g/mol. The first-order chi connectivity index (χ1) is 54.3. The lowest BCUT2D eigenvalue weighted by Crippen LogP contribution is -2.41. The Bertz CT molecular complexity index is 2000. The summed E-state index contributed by atoms with van der Waals surface area (Å²) in [6.45, 7) is 21.3. The molecule has 0 spiro atoms. The second-order valence-corrected chi connectivity index (χ2v) is 34.0. The van der Waals surface area contributed by atoms with Crippen LogP contribution >= 0.6 is 0 Å². The van der Waals surface area contributed by atoms with E-state index >= 15 is 0 Å². The summed E-state index contributed by atoms with van der Waals surface area (Å²) in [6, 6.07) is 0. The number of carbonyl (C=O) groups is 6. The molecule has 0 saturated heterocycles. The van der Waals surface area contributed by atoms with Crippen molar-refractivity contribution in [2.24, 2.45) is 5.92 Å². The lowest BCUT2D eigenvalue weighted by atomic mass is 9.99. The van der Waals surface area contributed by atoms with Crippen LogP contribution in [0.3, 0.4) is 0 Å². The highest BCUT2D eigenvalue weighted by molar-refractivity contribution is 5.85. The van der Waals surface area contributed by atoms with Crippen LogP contribution in [0.5, 0.6) is 0 Å². The number of hydrogen-bond donors (Lipinski definition) is 2. The Balaban J connectivity index is 5.76. The van der Waals surface area contributed by atoms with E-state index < -0.39 is 5.92 Å². The van der Waals surface area contributed by atoms with Crippen molar-refractivity contribution in [2.75, 3.05) is 86.2 Å². The SMILES string of the molecule is CCCCCCCCCCCOC(=O)CCCCCN(CCCCCCCC(=O)OC(CCCCCCCC)CCCCCCCC)CCNC(=O)CC(CCN(C)C)C(=O)NCCN(CCCCCCCC(=O)OC(CCCCCCCC)CCCCCCCC)CCCCCC(=O)OCCCCCCCCCCC. The molecule has 0 heterocycles. The predicted octanol–water partition coefficient (Wildman–Crippen LogP) is 25.6. The average molecular weight is 1570 g/mol. The summed E-state index contributed by atoms with van der Waals surface area (Å²) in [5, 5.41) is 6.48. The van der Waals surface area contributed by atoms with E-state index in [1.165, 1.54) is 218 Å². The Morgan fingerprint density at radius 2 is 0.514 bits per heavy atom. The van der Waals surface area contributed by atoms with E-state index in [1.807, 2.05) is 14.1 Å². The minimum atomic E-state index is -0.462. The second-order valence-electron chi connectivity index (χ2n) is 34.0. The smallest absolute Gasteiger partial charge is 0.306 e. The van der Waals surface area contributed by atoms with Gasteiger partial charge < -0.3 is 44.3 Å². The molecule has 0 radical (unpaired) electrons. The molecule has 15 heteroatoms. The van der Waals surface area contributed by atoms with Gasteiger partial charge in [0.15, 0.2) is 0 Å². The maximum absolute atomic E-state index is 14.2. The minimum Gasteiger partial charge on any atom is -0.466 e. The van der Waals surface area contributed by atoms with Gasteiger partial charge in [0.2, 0.25) is 11.8 Å². The van der Waals surface area contributed by atoms with Crippen LogP contribution in [0, 0.1) is 5.92 Å². The van der Waals surface area contributed by atoms with Crippen molar-refractivity contribution in [3.63, 3.8) is 0 Å². The summed E-state index contributed by atoms with van der Waals surface area (Å²) < 4.78 is 23.6. The highest BCUT2D eigenvalue weighted by Gasteiger charge is 2.23. The van der Waals surface area contributed by atoms with Gasteiger partial charge in [0.1, 0.15) is 12.2 Å². The summed E-state index contributed by atoms with van der Waals surface area (Å²) >= 11 is 0. The highest BCUT2D eigenvalue weighted by Crippen LogP contribution is 2.23. The van der Waals surface area contributed by atoms with Gasteiger partial charge in [0.05, 0.1) is 13.2 Å². The number of amides is 2. The van der Waals surface area contributed by atoms with Gasteiger partial charge in [-0.15, -0.1) is 0 Å². The van der Waals surface area contributed by atoms with Crippen molar-refractivity contribution >= 4 is 35.7 Å². The standard InChI is InChI=1S/C96H187N5O10/c1-9-15-21-27-33-35-37-49-65-85-108-92(103)71-59-51-63-80-100(78-61-47-39-45-57-73-94(105)110-89(67-53-41-29-23-17-11-3)68-54-42-30-24-18-12-4)83-76-97-91(102)87-88(75-82-99(7)8)96(107)98-77-84-101(81-64-52-60-72-93(104)109-86-66-50-38-36-34-28-22-16-10-2)79-62-48-40-46-58-74-95(106)111-90(69-55-43-31-25-19-13-5)70-56-44-32-26-20-14-6/h88-90H,9-87H2,1-8H3,(H,97,102)(H,98,107). The van der Waals surface area contributed by atoms with Crippen molar-refractivity contribution in [3.05, 3.63) is 0 Å². The fourth-order valence-corrected chi connectivity index (χ4v) is 15.3. The molecule has 0 aliphatic carbocycles. The van der Waals surface area contributed by atoms with E-state index in [1.54, 1.807) is 0 Å². The maximum Gasteiger partial charge on any atom is 0.306 e. The molecule has 0 aromatic heterocycles. The van der Waals surface area contributed by atoms with Crippen LogP contribution in [0.25, 0.3) is 0 Å². The van der Waals surface area contributed by atoms with E-state index in [0.29, 0.717) is 78.0 Å². The number of esters is 4. The van der Waals surface area contributed by atoms with Crippen molar-refractivity contribution in [2.45, 2.75) is 490 Å². The fourth-order valence-electron chi connectivity index (χ4n) is 15.3. The van der Waals surface area contributed by atoms with E-state index in [2.05, 4.69) is 66.9 Å². The van der Waals surface area contributed by atoms with Crippen LogP contribution in [0.2, 0.25) is 0 Å². The number of unbranched alkanes of at least 4 members (excludes halogenated alkanes) is 48. The largest absolute Gasteiger partial charge is 0.466 e. The van der Waals surface area contributed by atoms with Gasteiger partial charge in [-0.05, 0) is 169 Å². The summed E-state index contributed by atoms with van der Waals surface area (Å²) in [5.74, 6) is -0.883. The van der Waals surface area contributed by atoms with Crippen LogP contribution < -0.4 is 10.6 Å². The van der Waals surface area contributed by atoms with E-state index in [-0.39, 0.29) is 54.3 Å². The first kappa shape index (κ1) is 108. The number of rotatable bonds is 90. The minimum absolute atomic E-state index is 0.0272. The molecular formula is C96H187N5O10. The average Bonchev–Trinajstić information content (AvgIpc) is 0.918. The van der Waals surface area contributed by atoms with E-state index in [9.17, 15) is 28.8 Å². The Morgan fingerprint density at radius 1 is 0.261 bits per heavy atom. The molecule has 2 amide bonds. The zero-order valence-electron chi connectivity index (χ0n) is 75.0. The molecule has 0 saturated carbocycles. The summed E-state index contributed by atoms with van der Waals surface area (Å²) in [7, 11) is 4.02. The van der Waals surface area contributed by atoms with Crippen molar-refractivity contribution in [1.29, 1.82) is 0 Å². The van der Waals surface area contributed by atoms with Gasteiger partial charge in [-0.25, -0.2) is 0 Å². The molecule has 2 N–H and O–H groups in total. The van der Waals surface area contributed by atoms with Gasteiger partial charge in [-0.3, -0.25) is 28.8 Å². The van der Waals surface area contributed by atoms with Crippen molar-refractivity contribution in [1.82, 2.24) is 25.3 Å². The van der Waals surface area contributed by atoms with Gasteiger partial charge in [-0.1, -0.05) is 324 Å². The predicted molar refractivity (Wildman–Crippen MR) is 471 cm³/mol. The Morgan fingerprint density at radius 3 is 0.820 bits per heavy atom. The van der Waals surface area contributed by atoms with Gasteiger partial charge >= 0.3 is 23.9 Å². The number of carbonyl (C=O) groups excluding carboxylic acids is 6.